The Morgan fingerprint density at radius 3 is 2.67 bits per heavy atom. The van der Waals surface area contributed by atoms with E-state index in [4.69, 9.17) is 9.47 Å². The molecule has 0 aromatic carbocycles. The van der Waals surface area contributed by atoms with Crippen molar-refractivity contribution >= 4 is 11.9 Å². The molecule has 2 aliphatic rings. The number of carbonyl (C=O) groups excluding carboxylic acids is 2. The second-order valence-corrected chi connectivity index (χ2v) is 6.21. The maximum Gasteiger partial charge on any atom is 0.321 e. The van der Waals surface area contributed by atoms with Gasteiger partial charge in [-0.2, -0.15) is 0 Å². The van der Waals surface area contributed by atoms with Crippen LogP contribution in [-0.4, -0.2) is 24.6 Å². The van der Waals surface area contributed by atoms with Crippen LogP contribution in [0.4, 0.5) is 0 Å². The maximum absolute atomic E-state index is 12.0. The van der Waals surface area contributed by atoms with Gasteiger partial charge in [0.2, 0.25) is 0 Å². The number of ether oxygens (including phenoxy) is 2. The second-order valence-electron chi connectivity index (χ2n) is 6.21. The fourth-order valence-electron chi connectivity index (χ4n) is 3.63. The highest BCUT2D eigenvalue weighted by Gasteiger charge is 2.54. The van der Waals surface area contributed by atoms with E-state index < -0.39 is 23.5 Å². The summed E-state index contributed by atoms with van der Waals surface area (Å²) in [4.78, 5) is 23.9. The third kappa shape index (κ3) is 2.13. The topological polar surface area (TPSA) is 52.6 Å². The van der Waals surface area contributed by atoms with E-state index in [2.05, 4.69) is 6.92 Å². The Bertz CT molecular complexity index is 361. The van der Waals surface area contributed by atoms with E-state index in [1.54, 1.807) is 0 Å². The maximum atomic E-state index is 12.0. The van der Waals surface area contributed by atoms with Gasteiger partial charge in [-0.05, 0) is 38.5 Å². The van der Waals surface area contributed by atoms with Crippen molar-refractivity contribution in [1.29, 1.82) is 0 Å². The first-order valence-electron chi connectivity index (χ1n) is 6.67. The van der Waals surface area contributed by atoms with Gasteiger partial charge in [0.15, 0.2) is 5.92 Å². The summed E-state index contributed by atoms with van der Waals surface area (Å²) in [5.74, 6) is -0.703. The van der Waals surface area contributed by atoms with Crippen LogP contribution in [-0.2, 0) is 19.1 Å². The quantitative estimate of drug-likeness (QED) is 0.531. The minimum Gasteiger partial charge on any atom is -0.468 e. The zero-order valence-corrected chi connectivity index (χ0v) is 11.6. The molecule has 0 spiro atoms. The second kappa shape index (κ2) is 4.56. The van der Waals surface area contributed by atoms with Gasteiger partial charge in [0, 0.05) is 5.92 Å². The van der Waals surface area contributed by atoms with Crippen molar-refractivity contribution in [1.82, 2.24) is 0 Å². The predicted molar refractivity (Wildman–Crippen MR) is 65.7 cm³/mol. The lowest BCUT2D eigenvalue weighted by atomic mass is 9.62. The molecule has 4 heteroatoms. The molecule has 2 fully saturated rings. The molecular formula is C14H22O4. The van der Waals surface area contributed by atoms with Crippen molar-refractivity contribution in [2.45, 2.75) is 45.6 Å². The highest BCUT2D eigenvalue weighted by Crippen LogP contribution is 2.48. The van der Waals surface area contributed by atoms with Gasteiger partial charge in [-0.3, -0.25) is 9.59 Å². The molecule has 4 atom stereocenters. The molecule has 0 amide bonds. The SMILES string of the molecule is COC(=O)[C@@H]1C(=O)OC(C)(C)[C@@H]2CC[C@@H](C)C[C@@H]12. The van der Waals surface area contributed by atoms with Crippen LogP contribution >= 0.6 is 0 Å². The molecule has 102 valence electrons. The fraction of sp³-hybridized carbons (Fsp3) is 0.857. The average Bonchev–Trinajstić information content (AvgIpc) is 2.26. The van der Waals surface area contributed by atoms with E-state index in [1.165, 1.54) is 7.11 Å². The van der Waals surface area contributed by atoms with Gasteiger partial charge < -0.3 is 9.47 Å². The standard InChI is InChI=1S/C14H22O4/c1-8-5-6-10-9(7-8)11(12(15)17-4)13(16)18-14(10,2)3/h8-11H,5-7H2,1-4H3/t8-,9-,10-,11-/m1/s1. The number of rotatable bonds is 1. The molecule has 0 bridgehead atoms. The largest absolute Gasteiger partial charge is 0.468 e. The molecule has 1 saturated heterocycles. The number of methoxy groups -OCH3 is 1. The molecule has 1 aliphatic heterocycles. The zero-order valence-electron chi connectivity index (χ0n) is 11.6. The third-order valence-corrected chi connectivity index (χ3v) is 4.56. The number of hydrogen-bond donors (Lipinski definition) is 0. The van der Waals surface area contributed by atoms with Crippen molar-refractivity contribution in [2.24, 2.45) is 23.7 Å². The van der Waals surface area contributed by atoms with Crippen LogP contribution in [0.2, 0.25) is 0 Å². The Balaban J connectivity index is 2.31. The molecular weight excluding hydrogens is 232 g/mol. The highest BCUT2D eigenvalue weighted by molar-refractivity contribution is 5.96. The first-order chi connectivity index (χ1) is 8.36. The average molecular weight is 254 g/mol. The van der Waals surface area contributed by atoms with E-state index in [0.717, 1.165) is 19.3 Å². The summed E-state index contributed by atoms with van der Waals surface area (Å²) >= 11 is 0. The lowest BCUT2D eigenvalue weighted by Gasteiger charge is -2.49. The molecule has 1 heterocycles. The summed E-state index contributed by atoms with van der Waals surface area (Å²) in [5.41, 5.74) is -0.466. The van der Waals surface area contributed by atoms with Crippen LogP contribution in [0.25, 0.3) is 0 Å². The van der Waals surface area contributed by atoms with Gasteiger partial charge >= 0.3 is 11.9 Å². The van der Waals surface area contributed by atoms with Crippen molar-refractivity contribution in [3.63, 3.8) is 0 Å². The fourth-order valence-corrected chi connectivity index (χ4v) is 3.63. The molecule has 0 radical (unpaired) electrons. The number of carbonyl (C=O) groups is 2. The van der Waals surface area contributed by atoms with Crippen molar-refractivity contribution < 1.29 is 19.1 Å². The molecule has 0 aromatic heterocycles. The summed E-state index contributed by atoms with van der Waals surface area (Å²) in [5, 5.41) is 0. The van der Waals surface area contributed by atoms with E-state index in [-0.39, 0.29) is 11.8 Å². The summed E-state index contributed by atoms with van der Waals surface area (Å²) in [7, 11) is 1.33. The summed E-state index contributed by atoms with van der Waals surface area (Å²) < 4.78 is 10.2. The van der Waals surface area contributed by atoms with Gasteiger partial charge in [0.05, 0.1) is 7.11 Å². The molecule has 1 aliphatic carbocycles. The van der Waals surface area contributed by atoms with Gasteiger partial charge in [0.1, 0.15) is 5.60 Å². The monoisotopic (exact) mass is 254 g/mol. The lowest BCUT2D eigenvalue weighted by Crippen LogP contribution is -2.55. The Hall–Kier alpha value is -1.06. The number of esters is 2. The Labute approximate surface area is 108 Å². The minimum absolute atomic E-state index is 0.0671. The highest BCUT2D eigenvalue weighted by atomic mass is 16.6. The molecule has 1 saturated carbocycles. The molecule has 0 aromatic rings. The van der Waals surface area contributed by atoms with Crippen LogP contribution in [0, 0.1) is 23.7 Å². The van der Waals surface area contributed by atoms with Crippen molar-refractivity contribution in [2.75, 3.05) is 7.11 Å². The third-order valence-electron chi connectivity index (χ3n) is 4.56. The van der Waals surface area contributed by atoms with Crippen molar-refractivity contribution in [3.05, 3.63) is 0 Å². The van der Waals surface area contributed by atoms with Crippen LogP contribution in [0.1, 0.15) is 40.0 Å². The zero-order chi connectivity index (χ0) is 13.5. The van der Waals surface area contributed by atoms with E-state index in [1.807, 2.05) is 13.8 Å². The van der Waals surface area contributed by atoms with Gasteiger partial charge in [-0.25, -0.2) is 0 Å². The number of fused-ring (bicyclic) bond motifs is 1. The summed E-state index contributed by atoms with van der Waals surface area (Å²) in [6.07, 6.45) is 3.05. The van der Waals surface area contributed by atoms with Gasteiger partial charge in [-0.15, -0.1) is 0 Å². The van der Waals surface area contributed by atoms with E-state index >= 15 is 0 Å². The van der Waals surface area contributed by atoms with E-state index in [9.17, 15) is 9.59 Å². The molecule has 4 nitrogen and oxygen atoms in total. The Morgan fingerprint density at radius 1 is 1.39 bits per heavy atom. The van der Waals surface area contributed by atoms with Crippen LogP contribution in [0.3, 0.4) is 0 Å². The minimum atomic E-state index is -0.726. The molecule has 0 unspecified atom stereocenters. The summed E-state index contributed by atoms with van der Waals surface area (Å²) in [6.45, 7) is 6.08. The number of cyclic esters (lactones) is 1. The molecule has 0 N–H and O–H groups in total. The van der Waals surface area contributed by atoms with Crippen LogP contribution in [0.15, 0.2) is 0 Å². The number of hydrogen-bond acceptors (Lipinski definition) is 4. The van der Waals surface area contributed by atoms with Gasteiger partial charge in [0.25, 0.3) is 0 Å². The van der Waals surface area contributed by atoms with Crippen LogP contribution < -0.4 is 0 Å². The van der Waals surface area contributed by atoms with Gasteiger partial charge in [-0.1, -0.05) is 13.3 Å². The Kier molecular flexibility index (Phi) is 3.39. The smallest absolute Gasteiger partial charge is 0.321 e. The lowest BCUT2D eigenvalue weighted by molar-refractivity contribution is -0.199. The normalized spacial score (nSPS) is 38.6. The van der Waals surface area contributed by atoms with E-state index in [0.29, 0.717) is 5.92 Å². The molecule has 2 rings (SSSR count). The summed E-state index contributed by atoms with van der Waals surface area (Å²) in [6, 6.07) is 0. The first kappa shape index (κ1) is 13.4. The van der Waals surface area contributed by atoms with Crippen LogP contribution in [0.5, 0.6) is 0 Å². The molecule has 18 heavy (non-hydrogen) atoms. The van der Waals surface area contributed by atoms with Crippen molar-refractivity contribution in [3.8, 4) is 0 Å². The first-order valence-corrected chi connectivity index (χ1v) is 6.67. The predicted octanol–water partition coefficient (Wildman–Crippen LogP) is 2.16. The Morgan fingerprint density at radius 2 is 2.06 bits per heavy atom.